The molecule has 0 aromatic carbocycles. The highest BCUT2D eigenvalue weighted by molar-refractivity contribution is 7.10. The molecule has 4 aliphatic rings. The van der Waals surface area contributed by atoms with E-state index in [0.29, 0.717) is 5.71 Å². The summed E-state index contributed by atoms with van der Waals surface area (Å²) in [6.07, 6.45) is 12.7. The van der Waals surface area contributed by atoms with Crippen LogP contribution in [0.2, 0.25) is 0 Å². The van der Waals surface area contributed by atoms with Gasteiger partial charge in [-0.1, -0.05) is 25.0 Å². The van der Waals surface area contributed by atoms with Crippen LogP contribution >= 0.6 is 11.3 Å². The first-order chi connectivity index (χ1) is 13.2. The van der Waals surface area contributed by atoms with Gasteiger partial charge in [0.1, 0.15) is 0 Å². The van der Waals surface area contributed by atoms with Gasteiger partial charge < -0.3 is 5.32 Å². The van der Waals surface area contributed by atoms with Crippen LogP contribution in [0.25, 0.3) is 0 Å². The highest BCUT2D eigenvalue weighted by atomic mass is 32.1. The maximum absolute atomic E-state index is 13.2. The number of hydrogen-bond acceptors (Lipinski definition) is 3. The Morgan fingerprint density at radius 1 is 1.22 bits per heavy atom. The fraction of sp³-hybridized carbons (Fsp3) is 0.409. The minimum Gasteiger partial charge on any atom is -0.325 e. The summed E-state index contributed by atoms with van der Waals surface area (Å²) in [6.45, 7) is 0. The normalized spacial score (nSPS) is 27.4. The van der Waals surface area contributed by atoms with E-state index in [-0.39, 0.29) is 17.7 Å². The van der Waals surface area contributed by atoms with Crippen molar-refractivity contribution in [2.75, 3.05) is 0 Å². The van der Waals surface area contributed by atoms with E-state index < -0.39 is 5.41 Å². The molecule has 4 nitrogen and oxygen atoms in total. The molecule has 1 saturated carbocycles. The SMILES string of the molecule is O=C1NC2=CC(=NC(=O)C3(c4cccs4)CCCC3)C=CC2C2=C1CCC2. The Morgan fingerprint density at radius 3 is 2.85 bits per heavy atom. The molecule has 2 amide bonds. The first-order valence-electron chi connectivity index (χ1n) is 9.77. The van der Waals surface area contributed by atoms with Crippen molar-refractivity contribution in [2.45, 2.75) is 50.4 Å². The zero-order valence-electron chi connectivity index (χ0n) is 15.2. The van der Waals surface area contributed by atoms with Gasteiger partial charge in [0.2, 0.25) is 0 Å². The Balaban J connectivity index is 1.46. The molecule has 1 fully saturated rings. The molecule has 3 aliphatic carbocycles. The van der Waals surface area contributed by atoms with Crippen LogP contribution in [-0.2, 0) is 15.0 Å². The number of carbonyl (C=O) groups excluding carboxylic acids is 2. The van der Waals surface area contributed by atoms with Crippen LogP contribution in [0.1, 0.15) is 49.8 Å². The van der Waals surface area contributed by atoms with Gasteiger partial charge in [-0.25, -0.2) is 4.99 Å². The highest BCUT2D eigenvalue weighted by Crippen LogP contribution is 2.44. The lowest BCUT2D eigenvalue weighted by atomic mass is 9.83. The molecule has 1 aliphatic heterocycles. The fourth-order valence-electron chi connectivity index (χ4n) is 4.98. The molecule has 1 atom stereocenters. The third kappa shape index (κ3) is 2.67. The zero-order valence-corrected chi connectivity index (χ0v) is 16.0. The Bertz CT molecular complexity index is 928. The first-order valence-corrected chi connectivity index (χ1v) is 10.7. The molecular weight excluding hydrogens is 356 g/mol. The largest absolute Gasteiger partial charge is 0.325 e. The fourth-order valence-corrected chi connectivity index (χ4v) is 5.96. The molecule has 5 heteroatoms. The summed E-state index contributed by atoms with van der Waals surface area (Å²) < 4.78 is 0. The summed E-state index contributed by atoms with van der Waals surface area (Å²) in [5.74, 6) is 0.129. The molecule has 138 valence electrons. The summed E-state index contributed by atoms with van der Waals surface area (Å²) in [5.41, 5.74) is 3.27. The lowest BCUT2D eigenvalue weighted by Gasteiger charge is -2.28. The lowest BCUT2D eigenvalue weighted by Crippen LogP contribution is -2.35. The van der Waals surface area contributed by atoms with E-state index in [0.717, 1.165) is 61.1 Å². The summed E-state index contributed by atoms with van der Waals surface area (Å²) >= 11 is 1.65. The van der Waals surface area contributed by atoms with Crippen LogP contribution < -0.4 is 5.32 Å². The highest BCUT2D eigenvalue weighted by Gasteiger charge is 2.43. The average Bonchev–Trinajstić information content (AvgIpc) is 3.41. The standard InChI is InChI=1S/C22H22N2O2S/c25-20-17-6-3-5-15(17)16-9-8-14(13-18(16)24-20)23-21(26)22(10-1-2-11-22)19-7-4-12-27-19/h4,7-9,12-13,16H,1-3,5-6,10-11H2,(H,24,25). The molecule has 1 unspecified atom stereocenters. The molecule has 0 radical (unpaired) electrons. The summed E-state index contributed by atoms with van der Waals surface area (Å²) in [5, 5.41) is 5.06. The van der Waals surface area contributed by atoms with Gasteiger partial charge in [-0.15, -0.1) is 11.3 Å². The predicted octanol–water partition coefficient (Wildman–Crippen LogP) is 4.21. The minimum atomic E-state index is -0.457. The van der Waals surface area contributed by atoms with Crippen molar-refractivity contribution in [1.82, 2.24) is 5.32 Å². The van der Waals surface area contributed by atoms with Gasteiger partial charge in [-0.2, -0.15) is 0 Å². The number of thiophene rings is 1. The van der Waals surface area contributed by atoms with Crippen molar-refractivity contribution in [2.24, 2.45) is 10.9 Å². The van der Waals surface area contributed by atoms with Gasteiger partial charge in [0, 0.05) is 22.1 Å². The van der Waals surface area contributed by atoms with Gasteiger partial charge in [-0.3, -0.25) is 9.59 Å². The molecule has 2 heterocycles. The molecule has 0 bridgehead atoms. The lowest BCUT2D eigenvalue weighted by molar-refractivity contribution is -0.123. The van der Waals surface area contributed by atoms with Crippen molar-refractivity contribution in [3.63, 3.8) is 0 Å². The van der Waals surface area contributed by atoms with E-state index in [1.807, 2.05) is 23.6 Å². The summed E-state index contributed by atoms with van der Waals surface area (Å²) in [4.78, 5) is 31.2. The molecule has 5 rings (SSSR count). The molecule has 1 aromatic heterocycles. The molecule has 0 spiro atoms. The number of carbonyl (C=O) groups is 2. The van der Waals surface area contributed by atoms with Crippen LogP contribution in [0.3, 0.4) is 0 Å². The van der Waals surface area contributed by atoms with Crippen LogP contribution in [0.15, 0.2) is 57.6 Å². The number of allylic oxidation sites excluding steroid dienone is 3. The van der Waals surface area contributed by atoms with Crippen molar-refractivity contribution in [3.05, 3.63) is 57.5 Å². The van der Waals surface area contributed by atoms with Gasteiger partial charge in [-0.05, 0) is 61.3 Å². The van der Waals surface area contributed by atoms with E-state index in [9.17, 15) is 9.59 Å². The minimum absolute atomic E-state index is 0.0248. The van der Waals surface area contributed by atoms with Crippen molar-refractivity contribution >= 4 is 28.9 Å². The molecule has 0 saturated heterocycles. The second-order valence-corrected chi connectivity index (χ2v) is 8.80. The predicted molar refractivity (Wildman–Crippen MR) is 107 cm³/mol. The van der Waals surface area contributed by atoms with Crippen LogP contribution in [0.4, 0.5) is 0 Å². The van der Waals surface area contributed by atoms with E-state index in [4.69, 9.17) is 0 Å². The number of nitrogens with one attached hydrogen (secondary N) is 1. The number of hydrogen-bond donors (Lipinski definition) is 1. The quantitative estimate of drug-likeness (QED) is 0.838. The molecule has 1 N–H and O–H groups in total. The van der Waals surface area contributed by atoms with E-state index in [1.165, 1.54) is 5.57 Å². The van der Waals surface area contributed by atoms with Crippen LogP contribution in [0, 0.1) is 5.92 Å². The monoisotopic (exact) mass is 378 g/mol. The van der Waals surface area contributed by atoms with E-state index in [1.54, 1.807) is 11.3 Å². The molecule has 27 heavy (non-hydrogen) atoms. The first kappa shape index (κ1) is 16.9. The third-order valence-electron chi connectivity index (χ3n) is 6.36. The number of amides is 2. The summed E-state index contributed by atoms with van der Waals surface area (Å²) in [6, 6.07) is 4.08. The summed E-state index contributed by atoms with van der Waals surface area (Å²) in [7, 11) is 0. The second kappa shape index (κ2) is 6.41. The average molecular weight is 378 g/mol. The molecular formula is C22H22N2O2S. The zero-order chi connectivity index (χ0) is 18.4. The number of fused-ring (bicyclic) bond motifs is 2. The third-order valence-corrected chi connectivity index (χ3v) is 7.43. The van der Waals surface area contributed by atoms with Crippen molar-refractivity contribution in [3.8, 4) is 0 Å². The van der Waals surface area contributed by atoms with E-state index >= 15 is 0 Å². The van der Waals surface area contributed by atoms with Crippen LogP contribution in [-0.4, -0.2) is 17.5 Å². The number of aliphatic imine (C=N–C) groups is 1. The Morgan fingerprint density at radius 2 is 2.07 bits per heavy atom. The molecule has 1 aromatic rings. The smallest absolute Gasteiger partial charge is 0.257 e. The Labute approximate surface area is 162 Å². The van der Waals surface area contributed by atoms with Gasteiger partial charge in [0.15, 0.2) is 0 Å². The second-order valence-electron chi connectivity index (χ2n) is 7.86. The van der Waals surface area contributed by atoms with Gasteiger partial charge >= 0.3 is 0 Å². The van der Waals surface area contributed by atoms with Gasteiger partial charge in [0.25, 0.3) is 11.8 Å². The Kier molecular flexibility index (Phi) is 4.01. The maximum Gasteiger partial charge on any atom is 0.257 e. The topological polar surface area (TPSA) is 58.5 Å². The number of rotatable bonds is 2. The number of nitrogens with zero attached hydrogens (tertiary/aromatic N) is 1. The van der Waals surface area contributed by atoms with Crippen LogP contribution in [0.5, 0.6) is 0 Å². The van der Waals surface area contributed by atoms with Crippen molar-refractivity contribution < 1.29 is 9.59 Å². The van der Waals surface area contributed by atoms with E-state index in [2.05, 4.69) is 22.5 Å². The Hall–Kier alpha value is -2.27. The maximum atomic E-state index is 13.2. The van der Waals surface area contributed by atoms with Crippen molar-refractivity contribution in [1.29, 1.82) is 0 Å². The van der Waals surface area contributed by atoms with Gasteiger partial charge in [0.05, 0.1) is 11.1 Å².